The highest BCUT2D eigenvalue weighted by atomic mass is 79.9. The van der Waals surface area contributed by atoms with Crippen LogP contribution in [0.4, 0.5) is 4.39 Å². The van der Waals surface area contributed by atoms with Gasteiger partial charge >= 0.3 is 5.97 Å². The van der Waals surface area contributed by atoms with Gasteiger partial charge in [-0.05, 0) is 52.3 Å². The summed E-state index contributed by atoms with van der Waals surface area (Å²) in [6.45, 7) is 0. The molecule has 0 aliphatic carbocycles. The number of aromatic carboxylic acids is 1. The number of rotatable bonds is 3. The van der Waals surface area contributed by atoms with Gasteiger partial charge in [0.05, 0.1) is 5.56 Å². The van der Waals surface area contributed by atoms with Crippen molar-refractivity contribution in [3.63, 3.8) is 0 Å². The number of carboxylic acids is 1. The number of carbonyl (C=O) groups is 1. The zero-order valence-electron chi connectivity index (χ0n) is 9.93. The Bertz CT molecular complexity index is 725. The molecule has 0 aliphatic rings. The number of hydrogen-bond acceptors (Lipinski definition) is 3. The van der Waals surface area contributed by atoms with Crippen molar-refractivity contribution >= 4 is 21.9 Å². The van der Waals surface area contributed by atoms with Gasteiger partial charge in [-0.2, -0.15) is 5.26 Å². The van der Waals surface area contributed by atoms with Crippen molar-refractivity contribution in [2.45, 2.75) is 0 Å². The van der Waals surface area contributed by atoms with Crippen LogP contribution in [0.1, 0.15) is 15.9 Å². The number of nitriles is 1. The fourth-order valence-electron chi connectivity index (χ4n) is 1.54. The van der Waals surface area contributed by atoms with E-state index in [9.17, 15) is 9.18 Å². The first-order valence-electron chi connectivity index (χ1n) is 5.41. The molecule has 0 spiro atoms. The quantitative estimate of drug-likeness (QED) is 0.921. The summed E-state index contributed by atoms with van der Waals surface area (Å²) in [6, 6.07) is 9.81. The van der Waals surface area contributed by atoms with E-state index in [1.54, 1.807) is 0 Å². The standard InChI is InChI=1S/C14H7BrFNO3/c15-12-6-10(3-1-8(12)7-17)20-13-4-2-9(16)5-11(13)14(18)19/h1-6H,(H,18,19). The van der Waals surface area contributed by atoms with Gasteiger partial charge in [0.25, 0.3) is 0 Å². The van der Waals surface area contributed by atoms with E-state index >= 15 is 0 Å². The third kappa shape index (κ3) is 2.95. The van der Waals surface area contributed by atoms with Crippen LogP contribution in [0.15, 0.2) is 40.9 Å². The molecule has 20 heavy (non-hydrogen) atoms. The molecule has 1 N–H and O–H groups in total. The maximum atomic E-state index is 13.0. The number of benzene rings is 2. The second-order valence-electron chi connectivity index (χ2n) is 3.80. The molecule has 0 unspecified atom stereocenters. The highest BCUT2D eigenvalue weighted by Crippen LogP contribution is 2.29. The van der Waals surface area contributed by atoms with Crippen molar-refractivity contribution in [1.82, 2.24) is 0 Å². The van der Waals surface area contributed by atoms with E-state index in [1.165, 1.54) is 24.3 Å². The van der Waals surface area contributed by atoms with E-state index in [4.69, 9.17) is 15.1 Å². The lowest BCUT2D eigenvalue weighted by molar-refractivity contribution is 0.0693. The topological polar surface area (TPSA) is 70.3 Å². The zero-order chi connectivity index (χ0) is 14.7. The Labute approximate surface area is 122 Å². The Balaban J connectivity index is 2.38. The summed E-state index contributed by atoms with van der Waals surface area (Å²) in [5.41, 5.74) is 0.153. The average molecular weight is 336 g/mol. The van der Waals surface area contributed by atoms with E-state index in [0.29, 0.717) is 15.8 Å². The average Bonchev–Trinajstić information content (AvgIpc) is 2.41. The Hall–Kier alpha value is -2.39. The summed E-state index contributed by atoms with van der Waals surface area (Å²) in [6.07, 6.45) is 0. The molecule has 2 aromatic carbocycles. The normalized spacial score (nSPS) is 9.85. The Morgan fingerprint density at radius 1 is 1.30 bits per heavy atom. The fourth-order valence-corrected chi connectivity index (χ4v) is 1.98. The molecule has 6 heteroatoms. The van der Waals surface area contributed by atoms with Crippen LogP contribution >= 0.6 is 15.9 Å². The number of carboxylic acid groups (broad SMARTS) is 1. The molecule has 0 saturated carbocycles. The minimum Gasteiger partial charge on any atom is -0.478 e. The Morgan fingerprint density at radius 3 is 2.65 bits per heavy atom. The molecule has 0 atom stereocenters. The van der Waals surface area contributed by atoms with Gasteiger partial charge in [0, 0.05) is 4.47 Å². The minimum absolute atomic E-state index is 0.0236. The summed E-state index contributed by atoms with van der Waals surface area (Å²) in [5.74, 6) is -1.58. The monoisotopic (exact) mass is 335 g/mol. The minimum atomic E-state index is -1.28. The molecule has 0 saturated heterocycles. The molecule has 4 nitrogen and oxygen atoms in total. The SMILES string of the molecule is N#Cc1ccc(Oc2ccc(F)cc2C(=O)O)cc1Br. The first-order chi connectivity index (χ1) is 9.51. The Morgan fingerprint density at radius 2 is 2.05 bits per heavy atom. The molecule has 100 valence electrons. The van der Waals surface area contributed by atoms with Gasteiger partial charge < -0.3 is 9.84 Å². The number of nitrogens with zero attached hydrogens (tertiary/aromatic N) is 1. The van der Waals surface area contributed by atoms with Crippen LogP contribution in [0.5, 0.6) is 11.5 Å². The van der Waals surface area contributed by atoms with Crippen LogP contribution in [0.2, 0.25) is 0 Å². The van der Waals surface area contributed by atoms with Gasteiger partial charge in [-0.15, -0.1) is 0 Å². The molecular formula is C14H7BrFNO3. The van der Waals surface area contributed by atoms with Crippen LogP contribution in [-0.4, -0.2) is 11.1 Å². The number of halogens is 2. The lowest BCUT2D eigenvalue weighted by Gasteiger charge is -2.09. The van der Waals surface area contributed by atoms with Crippen LogP contribution in [0.25, 0.3) is 0 Å². The molecule has 0 heterocycles. The summed E-state index contributed by atoms with van der Waals surface area (Å²) in [5, 5.41) is 17.8. The molecule has 0 amide bonds. The first kappa shape index (κ1) is 14.0. The third-order valence-corrected chi connectivity index (χ3v) is 3.12. The maximum Gasteiger partial charge on any atom is 0.339 e. The summed E-state index contributed by atoms with van der Waals surface area (Å²) >= 11 is 3.20. The smallest absolute Gasteiger partial charge is 0.339 e. The van der Waals surface area contributed by atoms with Crippen molar-refractivity contribution in [2.75, 3.05) is 0 Å². The van der Waals surface area contributed by atoms with Gasteiger partial charge in [0.1, 0.15) is 28.9 Å². The van der Waals surface area contributed by atoms with Crippen LogP contribution < -0.4 is 4.74 Å². The summed E-state index contributed by atoms with van der Waals surface area (Å²) in [7, 11) is 0. The van der Waals surface area contributed by atoms with Crippen molar-refractivity contribution in [3.8, 4) is 17.6 Å². The highest BCUT2D eigenvalue weighted by molar-refractivity contribution is 9.10. The van der Waals surface area contributed by atoms with Crippen LogP contribution in [0, 0.1) is 17.1 Å². The predicted molar refractivity (Wildman–Crippen MR) is 72.3 cm³/mol. The lowest BCUT2D eigenvalue weighted by atomic mass is 10.2. The molecule has 2 aromatic rings. The highest BCUT2D eigenvalue weighted by Gasteiger charge is 2.13. The molecule has 0 radical (unpaired) electrons. The van der Waals surface area contributed by atoms with Gasteiger partial charge in [-0.3, -0.25) is 0 Å². The van der Waals surface area contributed by atoms with E-state index in [2.05, 4.69) is 15.9 Å². The zero-order valence-corrected chi connectivity index (χ0v) is 11.5. The molecule has 2 rings (SSSR count). The van der Waals surface area contributed by atoms with E-state index in [-0.39, 0.29) is 11.3 Å². The second kappa shape index (κ2) is 5.72. The molecule has 0 aliphatic heterocycles. The van der Waals surface area contributed by atoms with Crippen molar-refractivity contribution in [1.29, 1.82) is 5.26 Å². The van der Waals surface area contributed by atoms with Crippen LogP contribution in [-0.2, 0) is 0 Å². The molecule has 0 fully saturated rings. The predicted octanol–water partition coefficient (Wildman–Crippen LogP) is 3.95. The van der Waals surface area contributed by atoms with Crippen LogP contribution in [0.3, 0.4) is 0 Å². The summed E-state index contributed by atoms with van der Waals surface area (Å²) in [4.78, 5) is 11.0. The number of ether oxygens (including phenoxy) is 1. The summed E-state index contributed by atoms with van der Waals surface area (Å²) < 4.78 is 19.0. The fraction of sp³-hybridized carbons (Fsp3) is 0. The van der Waals surface area contributed by atoms with E-state index in [1.807, 2.05) is 6.07 Å². The Kier molecular flexibility index (Phi) is 4.01. The lowest BCUT2D eigenvalue weighted by Crippen LogP contribution is -2.00. The maximum absolute atomic E-state index is 13.0. The second-order valence-corrected chi connectivity index (χ2v) is 4.66. The first-order valence-corrected chi connectivity index (χ1v) is 6.21. The van der Waals surface area contributed by atoms with E-state index < -0.39 is 11.8 Å². The van der Waals surface area contributed by atoms with E-state index in [0.717, 1.165) is 12.1 Å². The van der Waals surface area contributed by atoms with Gasteiger partial charge in [0.15, 0.2) is 0 Å². The van der Waals surface area contributed by atoms with Crippen molar-refractivity contribution in [2.24, 2.45) is 0 Å². The van der Waals surface area contributed by atoms with Gasteiger partial charge in [-0.25, -0.2) is 9.18 Å². The number of hydrogen-bond donors (Lipinski definition) is 1. The largest absolute Gasteiger partial charge is 0.478 e. The third-order valence-electron chi connectivity index (χ3n) is 2.46. The van der Waals surface area contributed by atoms with Crippen molar-refractivity contribution in [3.05, 3.63) is 57.8 Å². The molecule has 0 bridgehead atoms. The molecular weight excluding hydrogens is 329 g/mol. The molecule has 0 aromatic heterocycles. The van der Waals surface area contributed by atoms with Gasteiger partial charge in [0.2, 0.25) is 0 Å². The van der Waals surface area contributed by atoms with Crippen molar-refractivity contribution < 1.29 is 19.0 Å². The van der Waals surface area contributed by atoms with Gasteiger partial charge in [-0.1, -0.05) is 0 Å².